The molecule has 0 heterocycles. The predicted octanol–water partition coefficient (Wildman–Crippen LogP) is 1.18. The number of rotatable bonds is 3. The van der Waals surface area contributed by atoms with Crippen molar-refractivity contribution in [1.82, 2.24) is 4.31 Å². The molecule has 0 aromatic rings. The highest BCUT2D eigenvalue weighted by Gasteiger charge is 2.48. The van der Waals surface area contributed by atoms with Crippen molar-refractivity contribution < 1.29 is 21.6 Å². The van der Waals surface area contributed by atoms with Crippen molar-refractivity contribution >= 4 is 10.0 Å². The van der Waals surface area contributed by atoms with Crippen LogP contribution in [0.15, 0.2) is 0 Å². The van der Waals surface area contributed by atoms with Crippen LogP contribution in [0.2, 0.25) is 0 Å². The molecule has 0 aliphatic rings. The third kappa shape index (κ3) is 2.34. The van der Waals surface area contributed by atoms with Gasteiger partial charge >= 0.3 is 15.5 Å². The predicted molar refractivity (Wildman–Crippen MR) is 37.9 cm³/mol. The lowest BCUT2D eigenvalue weighted by Crippen LogP contribution is -2.38. The average molecular weight is 205 g/mol. The smallest absolute Gasteiger partial charge is 0.203 e. The first-order valence-electron chi connectivity index (χ1n) is 3.26. The van der Waals surface area contributed by atoms with Crippen molar-refractivity contribution in [2.24, 2.45) is 0 Å². The normalized spacial score (nSPS) is 13.8. The van der Waals surface area contributed by atoms with Gasteiger partial charge in [0.15, 0.2) is 0 Å². The van der Waals surface area contributed by atoms with Crippen molar-refractivity contribution in [2.45, 2.75) is 18.9 Å². The van der Waals surface area contributed by atoms with Crippen LogP contribution >= 0.6 is 0 Å². The summed E-state index contributed by atoms with van der Waals surface area (Å²) < 4.78 is 56.7. The number of halogens is 3. The quantitative estimate of drug-likeness (QED) is 0.693. The molecule has 0 saturated carbocycles. The van der Waals surface area contributed by atoms with Gasteiger partial charge in [-0.05, 0) is 6.42 Å². The van der Waals surface area contributed by atoms with E-state index in [1.54, 1.807) is 6.92 Å². The summed E-state index contributed by atoms with van der Waals surface area (Å²) in [6.07, 6.45) is 0.353. The lowest BCUT2D eigenvalue weighted by molar-refractivity contribution is -0.0482. The Kier molecular flexibility index (Phi) is 3.52. The summed E-state index contributed by atoms with van der Waals surface area (Å²) in [4.78, 5) is 0. The molecule has 12 heavy (non-hydrogen) atoms. The monoisotopic (exact) mass is 205 g/mol. The molecular weight excluding hydrogens is 195 g/mol. The van der Waals surface area contributed by atoms with Gasteiger partial charge in [0.25, 0.3) is 0 Å². The van der Waals surface area contributed by atoms with Gasteiger partial charge in [-0.1, -0.05) is 6.92 Å². The zero-order valence-electron chi connectivity index (χ0n) is 6.72. The Bertz CT molecular complexity index is 234. The summed E-state index contributed by atoms with van der Waals surface area (Å²) in [5.74, 6) is 0. The second kappa shape index (κ2) is 3.61. The van der Waals surface area contributed by atoms with Gasteiger partial charge in [0.2, 0.25) is 0 Å². The van der Waals surface area contributed by atoms with Crippen LogP contribution in [0, 0.1) is 0 Å². The molecule has 74 valence electrons. The number of nitrogens with zero attached hydrogens (tertiary/aromatic N) is 1. The van der Waals surface area contributed by atoms with Gasteiger partial charge < -0.3 is 0 Å². The Balaban J connectivity index is 4.64. The number of hydrogen-bond donors (Lipinski definition) is 0. The van der Waals surface area contributed by atoms with Crippen LogP contribution in [0.4, 0.5) is 13.2 Å². The van der Waals surface area contributed by atoms with E-state index >= 15 is 0 Å². The SMILES string of the molecule is CCCN(C)S(=O)(=O)C(F)(F)F. The molecule has 7 heteroatoms. The van der Waals surface area contributed by atoms with E-state index in [0.29, 0.717) is 10.7 Å². The van der Waals surface area contributed by atoms with Crippen LogP contribution in [0.5, 0.6) is 0 Å². The van der Waals surface area contributed by atoms with Gasteiger partial charge in [-0.15, -0.1) is 0 Å². The van der Waals surface area contributed by atoms with Crippen molar-refractivity contribution in [2.75, 3.05) is 13.6 Å². The molecule has 0 aliphatic carbocycles. The summed E-state index contributed by atoms with van der Waals surface area (Å²) >= 11 is 0. The molecule has 0 spiro atoms. The second-order valence-corrected chi connectivity index (χ2v) is 4.31. The molecule has 0 aliphatic heterocycles. The third-order valence-electron chi connectivity index (χ3n) is 1.24. The molecule has 0 bridgehead atoms. The van der Waals surface area contributed by atoms with E-state index in [1.807, 2.05) is 0 Å². The first-order valence-corrected chi connectivity index (χ1v) is 4.70. The molecule has 0 saturated heterocycles. The summed E-state index contributed by atoms with van der Waals surface area (Å²) in [6.45, 7) is 1.48. The van der Waals surface area contributed by atoms with Gasteiger partial charge in [0.1, 0.15) is 0 Å². The summed E-state index contributed by atoms with van der Waals surface area (Å²) in [7, 11) is -4.20. The number of sulfonamides is 1. The molecule has 0 atom stereocenters. The molecule has 0 unspecified atom stereocenters. The maximum absolute atomic E-state index is 11.8. The van der Waals surface area contributed by atoms with Crippen LogP contribution in [0.1, 0.15) is 13.3 Å². The number of hydrogen-bond acceptors (Lipinski definition) is 2. The Morgan fingerprint density at radius 2 is 1.75 bits per heavy atom. The molecule has 0 aromatic heterocycles. The van der Waals surface area contributed by atoms with E-state index < -0.39 is 15.5 Å². The number of alkyl halides is 3. The molecule has 0 radical (unpaired) electrons. The highest BCUT2D eigenvalue weighted by atomic mass is 32.2. The van der Waals surface area contributed by atoms with Crippen LogP contribution in [-0.2, 0) is 10.0 Å². The molecule has 0 fully saturated rings. The van der Waals surface area contributed by atoms with Gasteiger partial charge in [0, 0.05) is 13.6 Å². The van der Waals surface area contributed by atoms with Gasteiger partial charge in [-0.3, -0.25) is 0 Å². The average Bonchev–Trinajstić information content (AvgIpc) is 1.85. The molecule has 0 rings (SSSR count). The van der Waals surface area contributed by atoms with Crippen LogP contribution in [-0.4, -0.2) is 31.8 Å². The minimum Gasteiger partial charge on any atom is -0.203 e. The Morgan fingerprint density at radius 1 is 1.33 bits per heavy atom. The van der Waals surface area contributed by atoms with Gasteiger partial charge in [-0.25, -0.2) is 8.42 Å². The highest BCUT2D eigenvalue weighted by molar-refractivity contribution is 7.89. The lowest BCUT2D eigenvalue weighted by atomic mass is 10.5. The molecule has 0 aromatic carbocycles. The Labute approximate surface area is 69.2 Å². The molecule has 0 amide bonds. The lowest BCUT2D eigenvalue weighted by Gasteiger charge is -2.17. The minimum atomic E-state index is -5.18. The van der Waals surface area contributed by atoms with E-state index in [9.17, 15) is 21.6 Å². The largest absolute Gasteiger partial charge is 0.511 e. The Hall–Kier alpha value is -0.300. The van der Waals surface area contributed by atoms with E-state index in [1.165, 1.54) is 0 Å². The maximum Gasteiger partial charge on any atom is 0.511 e. The summed E-state index contributed by atoms with van der Waals surface area (Å²) in [5.41, 5.74) is -5.18. The standard InChI is InChI=1S/C5H10F3NO2S/c1-3-4-9(2)12(10,11)5(6,7)8/h3-4H2,1-2H3. The van der Waals surface area contributed by atoms with Crippen molar-refractivity contribution in [3.05, 3.63) is 0 Å². The van der Waals surface area contributed by atoms with Gasteiger partial charge in [0.05, 0.1) is 0 Å². The zero-order valence-corrected chi connectivity index (χ0v) is 7.54. The Morgan fingerprint density at radius 3 is 2.00 bits per heavy atom. The fourth-order valence-corrected chi connectivity index (χ4v) is 1.39. The molecule has 3 nitrogen and oxygen atoms in total. The van der Waals surface area contributed by atoms with Crippen LogP contribution in [0.25, 0.3) is 0 Å². The van der Waals surface area contributed by atoms with E-state index in [2.05, 4.69) is 0 Å². The molecule has 0 N–H and O–H groups in total. The zero-order chi connectivity index (χ0) is 9.99. The second-order valence-electron chi connectivity index (χ2n) is 2.27. The first kappa shape index (κ1) is 11.7. The molecular formula is C5H10F3NO2S. The van der Waals surface area contributed by atoms with Crippen LogP contribution < -0.4 is 0 Å². The van der Waals surface area contributed by atoms with E-state index in [0.717, 1.165) is 7.05 Å². The van der Waals surface area contributed by atoms with Crippen LogP contribution in [0.3, 0.4) is 0 Å². The van der Waals surface area contributed by atoms with Crippen molar-refractivity contribution in [3.8, 4) is 0 Å². The van der Waals surface area contributed by atoms with Crippen molar-refractivity contribution in [1.29, 1.82) is 0 Å². The maximum atomic E-state index is 11.8. The van der Waals surface area contributed by atoms with Gasteiger partial charge in [-0.2, -0.15) is 17.5 Å². The van der Waals surface area contributed by atoms with E-state index in [-0.39, 0.29) is 6.54 Å². The first-order chi connectivity index (χ1) is 5.23. The topological polar surface area (TPSA) is 37.4 Å². The summed E-state index contributed by atoms with van der Waals surface area (Å²) in [5, 5.41) is 0. The third-order valence-corrected chi connectivity index (χ3v) is 2.83. The fourth-order valence-electron chi connectivity index (χ4n) is 0.612. The van der Waals surface area contributed by atoms with Crippen molar-refractivity contribution in [3.63, 3.8) is 0 Å². The summed E-state index contributed by atoms with van der Waals surface area (Å²) in [6, 6.07) is 0. The highest BCUT2D eigenvalue weighted by Crippen LogP contribution is 2.25. The minimum absolute atomic E-state index is 0.123. The van der Waals surface area contributed by atoms with E-state index in [4.69, 9.17) is 0 Å². The fraction of sp³-hybridized carbons (Fsp3) is 1.00.